The van der Waals surface area contributed by atoms with Gasteiger partial charge in [-0.1, -0.05) is 0 Å². The number of morpholine rings is 2. The van der Waals surface area contributed by atoms with Gasteiger partial charge in [-0.3, -0.25) is 9.80 Å². The molecule has 2 aliphatic rings. The lowest BCUT2D eigenvalue weighted by Gasteiger charge is -2.28. The highest BCUT2D eigenvalue weighted by Gasteiger charge is 2.25. The van der Waals surface area contributed by atoms with E-state index in [-0.39, 0.29) is 23.0 Å². The normalized spacial score (nSPS) is 18.7. The number of halogens is 4. The minimum absolute atomic E-state index is 0.0448. The van der Waals surface area contributed by atoms with Gasteiger partial charge in [0.15, 0.2) is 0 Å². The zero-order chi connectivity index (χ0) is 29.6. The largest absolute Gasteiger partial charge is 0.488 e. The molecule has 2 atom stereocenters. The molecule has 0 aliphatic carbocycles. The molecule has 0 amide bonds. The van der Waals surface area contributed by atoms with Gasteiger partial charge in [0.25, 0.3) is 0 Å². The third kappa shape index (κ3) is 9.33. The molecule has 2 aromatic carbocycles. The van der Waals surface area contributed by atoms with Crippen molar-refractivity contribution in [3.05, 3.63) is 42.2 Å². The maximum Gasteiger partial charge on any atom is 0.206 e. The summed E-state index contributed by atoms with van der Waals surface area (Å²) in [7, 11) is -3.93. The fourth-order valence-corrected chi connectivity index (χ4v) is 9.22. The minimum atomic E-state index is -3.93. The average Bonchev–Trinajstić information content (AvgIpc) is 2.93. The standard InChI is InChI=1S/C26H32Br4N2O8S/c27-21-9-19(10-22(28)25(21)39-15-17(33)13-31-1-5-37-6-2-31)41(35,36)20-11-23(29)26(24(30)12-20)40-16-18(34)14-32-3-7-38-8-4-32/h9-12,17-18,33-34H,1-8,13-16H2. The van der Waals surface area contributed by atoms with Crippen LogP contribution in [0.25, 0.3) is 0 Å². The maximum absolute atomic E-state index is 13.6. The second-order valence-corrected chi connectivity index (χ2v) is 15.1. The van der Waals surface area contributed by atoms with Crippen LogP contribution in [0.4, 0.5) is 0 Å². The quantitative estimate of drug-likeness (QED) is 0.328. The second-order valence-electron chi connectivity index (χ2n) is 9.69. The Balaban J connectivity index is 1.41. The van der Waals surface area contributed by atoms with Gasteiger partial charge in [-0.2, -0.15) is 0 Å². The average molecular weight is 852 g/mol. The number of aliphatic hydroxyl groups excluding tert-OH is 2. The Morgan fingerprint density at radius 3 is 1.32 bits per heavy atom. The molecule has 2 aliphatic heterocycles. The molecule has 2 aromatic rings. The van der Waals surface area contributed by atoms with E-state index < -0.39 is 22.0 Å². The van der Waals surface area contributed by atoms with Gasteiger partial charge < -0.3 is 29.2 Å². The van der Waals surface area contributed by atoms with Crippen molar-refractivity contribution in [2.75, 3.05) is 78.9 Å². The molecule has 0 bridgehead atoms. The maximum atomic E-state index is 13.6. The Labute approximate surface area is 273 Å². The summed E-state index contributed by atoms with van der Waals surface area (Å²) in [6, 6.07) is 5.88. The van der Waals surface area contributed by atoms with Crippen molar-refractivity contribution in [2.24, 2.45) is 0 Å². The van der Waals surface area contributed by atoms with Gasteiger partial charge >= 0.3 is 0 Å². The van der Waals surface area contributed by atoms with Crippen LogP contribution in [0.2, 0.25) is 0 Å². The molecular formula is C26H32Br4N2O8S. The van der Waals surface area contributed by atoms with Crippen molar-refractivity contribution in [1.82, 2.24) is 9.80 Å². The molecule has 2 saturated heterocycles. The molecule has 0 radical (unpaired) electrons. The Hall–Kier alpha value is -0.330. The monoisotopic (exact) mass is 848 g/mol. The van der Waals surface area contributed by atoms with Crippen LogP contribution in [0.1, 0.15) is 0 Å². The van der Waals surface area contributed by atoms with Crippen molar-refractivity contribution in [3.8, 4) is 11.5 Å². The number of benzene rings is 2. The SMILES string of the molecule is O=S(=O)(c1cc(Br)c(OCC(O)CN2CCOCC2)c(Br)c1)c1cc(Br)c(OCC(O)CN2CCOCC2)c(Br)c1. The van der Waals surface area contributed by atoms with Crippen molar-refractivity contribution < 1.29 is 37.6 Å². The Morgan fingerprint density at radius 2 is 1.00 bits per heavy atom. The van der Waals surface area contributed by atoms with Gasteiger partial charge in [0, 0.05) is 39.3 Å². The number of rotatable bonds is 12. The summed E-state index contributed by atoms with van der Waals surface area (Å²) < 4.78 is 51.2. The van der Waals surface area contributed by atoms with Crippen molar-refractivity contribution >= 4 is 73.6 Å². The highest BCUT2D eigenvalue weighted by molar-refractivity contribution is 9.11. The van der Waals surface area contributed by atoms with E-state index in [1.165, 1.54) is 24.3 Å². The van der Waals surface area contributed by atoms with E-state index in [1.807, 2.05) is 0 Å². The van der Waals surface area contributed by atoms with Gasteiger partial charge in [-0.15, -0.1) is 0 Å². The summed E-state index contributed by atoms with van der Waals surface area (Å²) in [5.74, 6) is 0.790. The van der Waals surface area contributed by atoms with Crippen LogP contribution in [-0.2, 0) is 19.3 Å². The van der Waals surface area contributed by atoms with E-state index >= 15 is 0 Å². The molecule has 41 heavy (non-hydrogen) atoms. The highest BCUT2D eigenvalue weighted by Crippen LogP contribution is 2.41. The number of nitrogens with zero attached hydrogens (tertiary/aromatic N) is 2. The fourth-order valence-electron chi connectivity index (χ4n) is 4.42. The van der Waals surface area contributed by atoms with E-state index in [9.17, 15) is 18.6 Å². The molecule has 0 aromatic heterocycles. The van der Waals surface area contributed by atoms with Crippen molar-refractivity contribution in [1.29, 1.82) is 0 Å². The molecule has 228 valence electrons. The summed E-state index contributed by atoms with van der Waals surface area (Å²) in [4.78, 5) is 4.31. The summed E-state index contributed by atoms with van der Waals surface area (Å²) in [5.41, 5.74) is 0. The number of hydrogen-bond donors (Lipinski definition) is 2. The van der Waals surface area contributed by atoms with Crippen LogP contribution in [0.15, 0.2) is 51.9 Å². The third-order valence-corrected chi connectivity index (χ3v) is 10.6. The van der Waals surface area contributed by atoms with Crippen LogP contribution in [0.5, 0.6) is 11.5 Å². The molecular weight excluding hydrogens is 820 g/mol. The summed E-state index contributed by atoms with van der Waals surface area (Å²) in [5, 5.41) is 20.8. The number of β-amino-alcohol motifs (C(OH)–C–C–N with tert-alkyl or cyclic N) is 2. The molecule has 2 N–H and O–H groups in total. The van der Waals surface area contributed by atoms with E-state index in [1.54, 1.807) is 0 Å². The van der Waals surface area contributed by atoms with E-state index in [0.717, 1.165) is 26.2 Å². The highest BCUT2D eigenvalue weighted by atomic mass is 79.9. The molecule has 0 saturated carbocycles. The number of hydrogen-bond acceptors (Lipinski definition) is 10. The Kier molecular flexibility index (Phi) is 12.8. The van der Waals surface area contributed by atoms with Gasteiger partial charge in [0.05, 0.1) is 54.1 Å². The molecule has 0 spiro atoms. The van der Waals surface area contributed by atoms with Crippen LogP contribution in [0, 0.1) is 0 Å². The molecule has 2 unspecified atom stereocenters. The minimum Gasteiger partial charge on any atom is -0.488 e. The molecule has 10 nitrogen and oxygen atoms in total. The molecule has 15 heteroatoms. The predicted molar refractivity (Wildman–Crippen MR) is 167 cm³/mol. The second kappa shape index (κ2) is 15.6. The lowest BCUT2D eigenvalue weighted by molar-refractivity contribution is 0.00438. The summed E-state index contributed by atoms with van der Waals surface area (Å²) in [6.45, 7) is 6.60. The van der Waals surface area contributed by atoms with Crippen molar-refractivity contribution in [2.45, 2.75) is 22.0 Å². The lowest BCUT2D eigenvalue weighted by atomic mass is 10.3. The first-order valence-corrected chi connectivity index (χ1v) is 17.6. The Bertz CT molecular complexity index is 1150. The first-order chi connectivity index (χ1) is 19.5. The van der Waals surface area contributed by atoms with E-state index in [2.05, 4.69) is 73.5 Å². The van der Waals surface area contributed by atoms with Gasteiger partial charge in [0.1, 0.15) is 36.9 Å². The molecule has 2 fully saturated rings. The summed E-state index contributed by atoms with van der Waals surface area (Å²) >= 11 is 13.7. The number of aliphatic hydroxyl groups is 2. The number of sulfone groups is 1. The fraction of sp³-hybridized carbons (Fsp3) is 0.538. The first-order valence-electron chi connectivity index (χ1n) is 13.0. The zero-order valence-corrected chi connectivity index (χ0v) is 29.3. The van der Waals surface area contributed by atoms with Crippen LogP contribution in [-0.4, -0.2) is 120 Å². The number of ether oxygens (including phenoxy) is 4. The van der Waals surface area contributed by atoms with Gasteiger partial charge in [-0.05, 0) is 88.0 Å². The van der Waals surface area contributed by atoms with E-state index in [4.69, 9.17) is 18.9 Å². The zero-order valence-electron chi connectivity index (χ0n) is 22.1. The summed E-state index contributed by atoms with van der Waals surface area (Å²) in [6.07, 6.45) is -1.43. The van der Waals surface area contributed by atoms with Crippen LogP contribution >= 0.6 is 63.7 Å². The van der Waals surface area contributed by atoms with Crippen molar-refractivity contribution in [3.63, 3.8) is 0 Å². The van der Waals surface area contributed by atoms with E-state index in [0.29, 0.717) is 68.9 Å². The smallest absolute Gasteiger partial charge is 0.206 e. The van der Waals surface area contributed by atoms with Crippen LogP contribution in [0.3, 0.4) is 0 Å². The predicted octanol–water partition coefficient (Wildman–Crippen LogP) is 3.71. The lowest BCUT2D eigenvalue weighted by Crippen LogP contribution is -2.42. The first kappa shape index (κ1) is 33.6. The Morgan fingerprint density at radius 1 is 0.683 bits per heavy atom. The molecule has 2 heterocycles. The third-order valence-electron chi connectivity index (χ3n) is 6.55. The van der Waals surface area contributed by atoms with Crippen LogP contribution < -0.4 is 9.47 Å². The van der Waals surface area contributed by atoms with Gasteiger partial charge in [-0.25, -0.2) is 8.42 Å². The molecule has 4 rings (SSSR count). The topological polar surface area (TPSA) is 118 Å². The van der Waals surface area contributed by atoms with Gasteiger partial charge in [0.2, 0.25) is 9.84 Å².